The molecule has 1 N–H and O–H groups in total. The quantitative estimate of drug-likeness (QED) is 0.867. The van der Waals surface area contributed by atoms with E-state index in [4.69, 9.17) is 0 Å². The predicted molar refractivity (Wildman–Crippen MR) is 67.9 cm³/mol. The molecule has 20 heavy (non-hydrogen) atoms. The van der Waals surface area contributed by atoms with Crippen LogP contribution >= 0.6 is 0 Å². The van der Waals surface area contributed by atoms with E-state index in [1.807, 2.05) is 6.92 Å². The van der Waals surface area contributed by atoms with E-state index >= 15 is 0 Å². The van der Waals surface area contributed by atoms with Crippen molar-refractivity contribution in [2.45, 2.75) is 25.1 Å². The Bertz CT molecular complexity index is 505. The van der Waals surface area contributed by atoms with Crippen LogP contribution in [-0.2, 0) is 9.53 Å². The lowest BCUT2D eigenvalue weighted by Crippen LogP contribution is -2.52. The maximum atomic E-state index is 12.9. The van der Waals surface area contributed by atoms with Gasteiger partial charge >= 0.3 is 12.1 Å². The third-order valence-electron chi connectivity index (χ3n) is 2.92. The average molecular weight is 288 g/mol. The number of ether oxygens (including phenoxy) is 1. The molecule has 0 saturated carbocycles. The molecule has 0 aliphatic rings. The van der Waals surface area contributed by atoms with Crippen LogP contribution in [0.3, 0.4) is 0 Å². The minimum Gasteiger partial charge on any atom is -0.467 e. The van der Waals surface area contributed by atoms with Gasteiger partial charge in [-0.1, -0.05) is 36.4 Å². The molecule has 0 saturated heterocycles. The molecule has 0 unspecified atom stereocenters. The van der Waals surface area contributed by atoms with Crippen LogP contribution in [0.25, 0.3) is 5.57 Å². The molecule has 0 heterocycles. The van der Waals surface area contributed by atoms with Gasteiger partial charge in [0.05, 0.1) is 7.11 Å². The van der Waals surface area contributed by atoms with E-state index in [1.165, 1.54) is 0 Å². The van der Waals surface area contributed by atoms with Crippen molar-refractivity contribution < 1.29 is 27.8 Å². The highest BCUT2D eigenvalue weighted by Crippen LogP contribution is 2.38. The summed E-state index contributed by atoms with van der Waals surface area (Å²) in [4.78, 5) is 11.3. The maximum Gasteiger partial charge on any atom is 0.428 e. The Morgan fingerprint density at radius 1 is 1.30 bits per heavy atom. The molecule has 0 spiro atoms. The summed E-state index contributed by atoms with van der Waals surface area (Å²) < 4.78 is 42.7. The Kier molecular flexibility index (Phi) is 4.60. The molecule has 1 atom stereocenters. The van der Waals surface area contributed by atoms with Crippen molar-refractivity contribution in [3.8, 4) is 0 Å². The second-order valence-electron chi connectivity index (χ2n) is 4.50. The van der Waals surface area contributed by atoms with E-state index < -0.39 is 24.2 Å². The standard InChI is InChI=1S/C14H15F3O3/c1-9-4-6-11(7-5-9)10(2)8-13(19,12(18)20-3)14(15,16)17/h4-7,19H,2,8H2,1,3H3/t13-/m1/s1. The van der Waals surface area contributed by atoms with Crippen molar-refractivity contribution in [1.29, 1.82) is 0 Å². The third kappa shape index (κ3) is 3.19. The summed E-state index contributed by atoms with van der Waals surface area (Å²) in [5.74, 6) is -1.75. The number of esters is 1. The van der Waals surface area contributed by atoms with Crippen LogP contribution in [0.2, 0.25) is 0 Å². The van der Waals surface area contributed by atoms with E-state index in [9.17, 15) is 23.1 Å². The largest absolute Gasteiger partial charge is 0.467 e. The van der Waals surface area contributed by atoms with Crippen LogP contribution < -0.4 is 0 Å². The highest BCUT2D eigenvalue weighted by atomic mass is 19.4. The van der Waals surface area contributed by atoms with Gasteiger partial charge in [-0.05, 0) is 18.1 Å². The molecule has 0 fully saturated rings. The van der Waals surface area contributed by atoms with Crippen LogP contribution in [0.4, 0.5) is 13.2 Å². The number of hydrogen-bond acceptors (Lipinski definition) is 3. The molecule has 0 aliphatic heterocycles. The number of carbonyl (C=O) groups is 1. The number of hydrogen-bond donors (Lipinski definition) is 1. The number of halogens is 3. The highest BCUT2D eigenvalue weighted by molar-refractivity contribution is 5.83. The number of carbonyl (C=O) groups excluding carboxylic acids is 1. The third-order valence-corrected chi connectivity index (χ3v) is 2.92. The number of rotatable bonds is 4. The number of alkyl halides is 3. The number of methoxy groups -OCH3 is 1. The second kappa shape index (κ2) is 5.66. The van der Waals surface area contributed by atoms with Gasteiger partial charge in [0.2, 0.25) is 0 Å². The molecule has 110 valence electrons. The molecule has 1 aromatic rings. The van der Waals surface area contributed by atoms with Crippen molar-refractivity contribution in [1.82, 2.24) is 0 Å². The SMILES string of the molecule is C=C(C[C@@](O)(C(=O)OC)C(F)(F)F)c1ccc(C)cc1. The number of aryl methyl sites for hydroxylation is 1. The van der Waals surface area contributed by atoms with Gasteiger partial charge < -0.3 is 9.84 Å². The van der Waals surface area contributed by atoms with Crippen molar-refractivity contribution in [3.05, 3.63) is 42.0 Å². The van der Waals surface area contributed by atoms with E-state index in [1.54, 1.807) is 24.3 Å². The lowest BCUT2D eigenvalue weighted by atomic mass is 9.90. The molecule has 1 aromatic carbocycles. The van der Waals surface area contributed by atoms with Crippen LogP contribution in [0.1, 0.15) is 17.5 Å². The lowest BCUT2D eigenvalue weighted by molar-refractivity contribution is -0.259. The van der Waals surface area contributed by atoms with Gasteiger partial charge in [0.1, 0.15) is 0 Å². The van der Waals surface area contributed by atoms with E-state index in [-0.39, 0.29) is 5.57 Å². The molecule has 0 amide bonds. The fourth-order valence-electron chi connectivity index (χ4n) is 1.66. The van der Waals surface area contributed by atoms with Gasteiger partial charge in [-0.2, -0.15) is 13.2 Å². The fourth-order valence-corrected chi connectivity index (χ4v) is 1.66. The summed E-state index contributed by atoms with van der Waals surface area (Å²) in [5.41, 5.74) is -2.25. The monoisotopic (exact) mass is 288 g/mol. The molecular weight excluding hydrogens is 273 g/mol. The summed E-state index contributed by atoms with van der Waals surface area (Å²) in [5, 5.41) is 9.64. The molecule has 6 heteroatoms. The lowest BCUT2D eigenvalue weighted by Gasteiger charge is -2.28. The fraction of sp³-hybridized carbons (Fsp3) is 0.357. The Balaban J connectivity index is 3.05. The minimum atomic E-state index is -5.15. The Morgan fingerprint density at radius 2 is 1.80 bits per heavy atom. The van der Waals surface area contributed by atoms with Gasteiger partial charge in [-0.25, -0.2) is 4.79 Å². The first-order chi connectivity index (χ1) is 9.11. The molecule has 0 bridgehead atoms. The zero-order chi connectivity index (χ0) is 15.6. The van der Waals surface area contributed by atoms with Crippen molar-refractivity contribution in [2.24, 2.45) is 0 Å². The zero-order valence-corrected chi connectivity index (χ0v) is 11.1. The second-order valence-corrected chi connectivity index (χ2v) is 4.50. The minimum absolute atomic E-state index is 0.00442. The summed E-state index contributed by atoms with van der Waals surface area (Å²) >= 11 is 0. The topological polar surface area (TPSA) is 46.5 Å². The van der Waals surface area contributed by atoms with Crippen molar-refractivity contribution >= 4 is 11.5 Å². The van der Waals surface area contributed by atoms with Crippen LogP contribution in [0.5, 0.6) is 0 Å². The van der Waals surface area contributed by atoms with Crippen LogP contribution in [-0.4, -0.2) is 30.0 Å². The highest BCUT2D eigenvalue weighted by Gasteiger charge is 2.60. The molecule has 0 aliphatic carbocycles. The normalized spacial score (nSPS) is 14.5. The molecular formula is C14H15F3O3. The van der Waals surface area contributed by atoms with E-state index in [2.05, 4.69) is 11.3 Å². The maximum absolute atomic E-state index is 12.9. The smallest absolute Gasteiger partial charge is 0.428 e. The first kappa shape index (κ1) is 16.2. The van der Waals surface area contributed by atoms with Crippen molar-refractivity contribution in [2.75, 3.05) is 7.11 Å². The summed E-state index contributed by atoms with van der Waals surface area (Å²) in [6, 6.07) is 6.55. The van der Waals surface area contributed by atoms with E-state index in [0.29, 0.717) is 5.56 Å². The van der Waals surface area contributed by atoms with Gasteiger partial charge in [0.25, 0.3) is 5.60 Å². The summed E-state index contributed by atoms with van der Waals surface area (Å²) in [7, 11) is 0.785. The van der Waals surface area contributed by atoms with Gasteiger partial charge in [-0.15, -0.1) is 0 Å². The Labute approximate surface area is 114 Å². The molecule has 1 rings (SSSR count). The first-order valence-electron chi connectivity index (χ1n) is 5.74. The van der Waals surface area contributed by atoms with Gasteiger partial charge in [-0.3, -0.25) is 0 Å². The predicted octanol–water partition coefficient (Wildman–Crippen LogP) is 2.86. The Hall–Kier alpha value is -1.82. The van der Waals surface area contributed by atoms with Gasteiger partial charge in [0, 0.05) is 6.42 Å². The first-order valence-corrected chi connectivity index (χ1v) is 5.74. The summed E-state index contributed by atoms with van der Waals surface area (Å²) in [6.07, 6.45) is -6.13. The molecule has 3 nitrogen and oxygen atoms in total. The van der Waals surface area contributed by atoms with Crippen molar-refractivity contribution in [3.63, 3.8) is 0 Å². The zero-order valence-electron chi connectivity index (χ0n) is 11.1. The van der Waals surface area contributed by atoms with Crippen LogP contribution in [0, 0.1) is 6.92 Å². The average Bonchev–Trinajstić information content (AvgIpc) is 2.36. The van der Waals surface area contributed by atoms with Crippen LogP contribution in [0.15, 0.2) is 30.8 Å². The Morgan fingerprint density at radius 3 is 2.20 bits per heavy atom. The number of benzene rings is 1. The summed E-state index contributed by atoms with van der Waals surface area (Å²) in [6.45, 7) is 5.33. The molecule has 0 radical (unpaired) electrons. The van der Waals surface area contributed by atoms with E-state index in [0.717, 1.165) is 12.7 Å². The number of aliphatic hydroxyl groups is 1. The molecule has 0 aromatic heterocycles. The van der Waals surface area contributed by atoms with Gasteiger partial charge in [0.15, 0.2) is 0 Å².